The van der Waals surface area contributed by atoms with Crippen LogP contribution in [0.5, 0.6) is 0 Å². The van der Waals surface area contributed by atoms with E-state index in [1.807, 2.05) is 6.92 Å². The number of hydrogen-bond acceptors (Lipinski definition) is 6. The van der Waals surface area contributed by atoms with Gasteiger partial charge in [0, 0.05) is 6.42 Å². The van der Waals surface area contributed by atoms with Gasteiger partial charge in [0.15, 0.2) is 6.29 Å². The summed E-state index contributed by atoms with van der Waals surface area (Å²) in [5.74, 6) is -1.23. The highest BCUT2D eigenvalue weighted by Crippen LogP contribution is 2.29. The van der Waals surface area contributed by atoms with Crippen molar-refractivity contribution in [2.45, 2.75) is 38.2 Å². The number of hydrogen-bond donors (Lipinski definition) is 2. The third kappa shape index (κ3) is 4.45. The zero-order valence-electron chi connectivity index (χ0n) is 11.4. The third-order valence-corrected chi connectivity index (χ3v) is 3.18. The summed E-state index contributed by atoms with van der Waals surface area (Å²) in [5.41, 5.74) is 0. The molecule has 110 valence electrons. The van der Waals surface area contributed by atoms with Gasteiger partial charge in [0.2, 0.25) is 0 Å². The smallest absolute Gasteiger partial charge is 0.323 e. The van der Waals surface area contributed by atoms with Gasteiger partial charge in [-0.3, -0.25) is 9.59 Å². The first-order valence-corrected chi connectivity index (χ1v) is 6.23. The van der Waals surface area contributed by atoms with Crippen LogP contribution in [0.3, 0.4) is 0 Å². The zero-order chi connectivity index (χ0) is 14.4. The molecule has 1 aliphatic rings. The Bertz CT molecular complexity index is 321. The van der Waals surface area contributed by atoms with E-state index in [2.05, 4.69) is 10.1 Å². The third-order valence-electron chi connectivity index (χ3n) is 3.18. The van der Waals surface area contributed by atoms with Crippen molar-refractivity contribution >= 4 is 11.9 Å². The summed E-state index contributed by atoms with van der Waals surface area (Å²) in [6.07, 6.45) is -0.147. The molecule has 0 saturated carbocycles. The number of likely N-dealkylation sites (N-methyl/N-ethyl adjacent to an activating group) is 1. The standard InChI is InChI=1S/C12H21NO6/c1-7-6-9(18-5-4-8(14)17-3)19-11(7)10(13-2)12(15)16/h7,9-11,13H,4-6H2,1-3H3,(H,15,16)/t7-,9?,10?,11-/m1/s1. The van der Waals surface area contributed by atoms with Crippen molar-refractivity contribution in [1.29, 1.82) is 0 Å². The summed E-state index contributed by atoms with van der Waals surface area (Å²) in [6, 6.07) is -0.760. The van der Waals surface area contributed by atoms with E-state index in [1.54, 1.807) is 7.05 Å². The molecule has 7 nitrogen and oxygen atoms in total. The second-order valence-electron chi connectivity index (χ2n) is 4.54. The topological polar surface area (TPSA) is 94.1 Å². The minimum Gasteiger partial charge on any atom is -0.480 e. The van der Waals surface area contributed by atoms with Gasteiger partial charge in [0.1, 0.15) is 6.04 Å². The lowest BCUT2D eigenvalue weighted by Gasteiger charge is -2.22. The second-order valence-corrected chi connectivity index (χ2v) is 4.54. The predicted octanol–water partition coefficient (Wildman–Crippen LogP) is -0.0102. The molecule has 2 N–H and O–H groups in total. The summed E-state index contributed by atoms with van der Waals surface area (Å²) in [4.78, 5) is 22.0. The molecule has 0 spiro atoms. The largest absolute Gasteiger partial charge is 0.480 e. The Morgan fingerprint density at radius 1 is 1.53 bits per heavy atom. The van der Waals surface area contributed by atoms with Gasteiger partial charge in [-0.05, 0) is 13.0 Å². The molecule has 1 aliphatic heterocycles. The van der Waals surface area contributed by atoms with Crippen LogP contribution >= 0.6 is 0 Å². The molecule has 0 aliphatic carbocycles. The van der Waals surface area contributed by atoms with E-state index in [1.165, 1.54) is 7.11 Å². The molecule has 1 rings (SSSR count). The Morgan fingerprint density at radius 2 is 2.21 bits per heavy atom. The molecule has 7 heteroatoms. The van der Waals surface area contributed by atoms with Crippen LogP contribution in [0.25, 0.3) is 0 Å². The van der Waals surface area contributed by atoms with E-state index in [9.17, 15) is 9.59 Å². The van der Waals surface area contributed by atoms with E-state index < -0.39 is 24.4 Å². The Labute approximate surface area is 112 Å². The lowest BCUT2D eigenvalue weighted by molar-refractivity contribution is -0.160. The van der Waals surface area contributed by atoms with E-state index in [4.69, 9.17) is 14.6 Å². The Morgan fingerprint density at radius 3 is 2.74 bits per heavy atom. The number of esters is 1. The molecular weight excluding hydrogens is 254 g/mol. The number of carbonyl (C=O) groups excluding carboxylic acids is 1. The normalized spacial score (nSPS) is 28.1. The molecule has 0 aromatic carbocycles. The van der Waals surface area contributed by atoms with Crippen LogP contribution in [0.4, 0.5) is 0 Å². The van der Waals surface area contributed by atoms with Gasteiger partial charge < -0.3 is 24.6 Å². The number of aliphatic carboxylic acids is 1. The first-order chi connectivity index (χ1) is 8.99. The summed E-state index contributed by atoms with van der Waals surface area (Å²) >= 11 is 0. The van der Waals surface area contributed by atoms with Gasteiger partial charge in [0.25, 0.3) is 0 Å². The van der Waals surface area contributed by atoms with Crippen LogP contribution in [0, 0.1) is 5.92 Å². The predicted molar refractivity (Wildman–Crippen MR) is 65.5 cm³/mol. The number of carbonyl (C=O) groups is 2. The van der Waals surface area contributed by atoms with E-state index >= 15 is 0 Å². The lowest BCUT2D eigenvalue weighted by atomic mass is 9.97. The average Bonchev–Trinajstić information content (AvgIpc) is 2.71. The molecular formula is C12H21NO6. The number of methoxy groups -OCH3 is 1. The van der Waals surface area contributed by atoms with Gasteiger partial charge in [-0.25, -0.2) is 0 Å². The molecule has 0 aromatic heterocycles. The van der Waals surface area contributed by atoms with Crippen molar-refractivity contribution in [2.24, 2.45) is 5.92 Å². The molecule has 0 aromatic rings. The van der Waals surface area contributed by atoms with Crippen molar-refractivity contribution in [2.75, 3.05) is 20.8 Å². The van der Waals surface area contributed by atoms with Gasteiger partial charge in [-0.15, -0.1) is 0 Å². The Kier molecular flexibility index (Phi) is 6.20. The minimum atomic E-state index is -0.949. The van der Waals surface area contributed by atoms with Gasteiger partial charge in [-0.2, -0.15) is 0 Å². The SMILES string of the molecule is CNC(C(=O)O)[C@@H]1OC(OCCC(=O)OC)C[C@H]1C. The van der Waals surface area contributed by atoms with E-state index in [-0.39, 0.29) is 24.9 Å². The van der Waals surface area contributed by atoms with Crippen LogP contribution in [-0.4, -0.2) is 56.2 Å². The highest BCUT2D eigenvalue weighted by Gasteiger charge is 2.40. The number of carboxylic acid groups (broad SMARTS) is 1. The molecule has 0 amide bonds. The lowest BCUT2D eigenvalue weighted by Crippen LogP contribution is -2.46. The molecule has 0 bridgehead atoms. The van der Waals surface area contributed by atoms with Crippen LogP contribution in [0.15, 0.2) is 0 Å². The molecule has 1 fully saturated rings. The molecule has 4 atom stereocenters. The molecule has 1 saturated heterocycles. The van der Waals surface area contributed by atoms with Crippen molar-refractivity contribution in [3.63, 3.8) is 0 Å². The number of rotatable bonds is 7. The highest BCUT2D eigenvalue weighted by molar-refractivity contribution is 5.74. The van der Waals surface area contributed by atoms with Crippen LogP contribution in [0.2, 0.25) is 0 Å². The van der Waals surface area contributed by atoms with E-state index in [0.717, 1.165) is 0 Å². The summed E-state index contributed by atoms with van der Waals surface area (Å²) < 4.78 is 15.5. The molecule has 2 unspecified atom stereocenters. The molecule has 1 heterocycles. The van der Waals surface area contributed by atoms with Gasteiger partial charge in [-0.1, -0.05) is 6.92 Å². The summed E-state index contributed by atoms with van der Waals surface area (Å²) in [7, 11) is 2.90. The highest BCUT2D eigenvalue weighted by atomic mass is 16.7. The fourth-order valence-corrected chi connectivity index (χ4v) is 2.12. The quantitative estimate of drug-likeness (QED) is 0.631. The second kappa shape index (κ2) is 7.42. The van der Waals surface area contributed by atoms with Crippen molar-refractivity contribution in [3.8, 4) is 0 Å². The van der Waals surface area contributed by atoms with Crippen LogP contribution in [0.1, 0.15) is 19.8 Å². The zero-order valence-corrected chi connectivity index (χ0v) is 11.4. The van der Waals surface area contributed by atoms with Gasteiger partial charge >= 0.3 is 11.9 Å². The average molecular weight is 275 g/mol. The number of nitrogens with one attached hydrogen (secondary N) is 1. The maximum Gasteiger partial charge on any atom is 0.323 e. The van der Waals surface area contributed by atoms with Gasteiger partial charge in [0.05, 0.1) is 26.2 Å². The van der Waals surface area contributed by atoms with Crippen LogP contribution in [-0.2, 0) is 23.8 Å². The molecule has 0 radical (unpaired) electrons. The fourth-order valence-electron chi connectivity index (χ4n) is 2.12. The Balaban J connectivity index is 2.41. The fraction of sp³-hybridized carbons (Fsp3) is 0.833. The van der Waals surface area contributed by atoms with E-state index in [0.29, 0.717) is 6.42 Å². The summed E-state index contributed by atoms with van der Waals surface area (Å²) in [5, 5.41) is 11.8. The molecule has 19 heavy (non-hydrogen) atoms. The number of carboxylic acids is 1. The minimum absolute atomic E-state index is 0.0664. The van der Waals surface area contributed by atoms with Crippen LogP contribution < -0.4 is 5.32 Å². The maximum atomic E-state index is 11.1. The Hall–Kier alpha value is -1.18. The maximum absolute atomic E-state index is 11.1. The van der Waals surface area contributed by atoms with Crippen molar-refractivity contribution < 1.29 is 28.9 Å². The van der Waals surface area contributed by atoms with Crippen molar-refractivity contribution in [1.82, 2.24) is 5.32 Å². The summed E-state index contributed by atoms with van der Waals surface area (Å²) in [6.45, 7) is 2.12. The number of ether oxygens (including phenoxy) is 3. The van der Waals surface area contributed by atoms with Crippen molar-refractivity contribution in [3.05, 3.63) is 0 Å². The monoisotopic (exact) mass is 275 g/mol. The first-order valence-electron chi connectivity index (χ1n) is 6.23. The first kappa shape index (κ1) is 15.9.